The second kappa shape index (κ2) is 14.6. The van der Waals surface area contributed by atoms with Gasteiger partial charge in [-0.25, -0.2) is 9.97 Å². The minimum Gasteiger partial charge on any atom is -0.394 e. The first-order chi connectivity index (χ1) is 15.5. The number of nitrogens with one attached hydrogen (secondary N) is 1. The Bertz CT molecular complexity index is 778. The summed E-state index contributed by atoms with van der Waals surface area (Å²) in [7, 11) is 4.88. The van der Waals surface area contributed by atoms with Crippen LogP contribution in [0.3, 0.4) is 0 Å². The van der Waals surface area contributed by atoms with Crippen molar-refractivity contribution in [1.82, 2.24) is 24.7 Å². The molecule has 2 aromatic heterocycles. The van der Waals surface area contributed by atoms with Crippen LogP contribution in [0.1, 0.15) is 30.7 Å². The highest BCUT2D eigenvalue weighted by atomic mass is 35.5. The maximum atomic E-state index is 8.90. The Kier molecular flexibility index (Phi) is 12.2. The van der Waals surface area contributed by atoms with E-state index in [1.807, 2.05) is 11.5 Å². The van der Waals surface area contributed by atoms with E-state index in [0.29, 0.717) is 43.0 Å². The Hall–Kier alpha value is -1.54. The summed E-state index contributed by atoms with van der Waals surface area (Å²) < 4.78 is 27.0. The molecule has 0 aliphatic heterocycles. The zero-order valence-corrected chi connectivity index (χ0v) is 20.3. The van der Waals surface area contributed by atoms with E-state index in [1.165, 1.54) is 11.9 Å². The number of hydrogen-bond donors (Lipinski definition) is 2. The van der Waals surface area contributed by atoms with Crippen LogP contribution < -0.4 is 4.72 Å². The van der Waals surface area contributed by atoms with Gasteiger partial charge in [0.2, 0.25) is 5.95 Å². The van der Waals surface area contributed by atoms with Crippen LogP contribution in [0, 0.1) is 0 Å². The molecule has 0 fully saturated rings. The van der Waals surface area contributed by atoms with Gasteiger partial charge in [0.1, 0.15) is 11.9 Å². The van der Waals surface area contributed by atoms with Crippen molar-refractivity contribution in [2.45, 2.75) is 30.7 Å². The van der Waals surface area contributed by atoms with Gasteiger partial charge in [-0.2, -0.15) is 0 Å². The van der Waals surface area contributed by atoms with Crippen molar-refractivity contribution in [3.63, 3.8) is 0 Å². The third-order valence-corrected chi connectivity index (χ3v) is 5.58. The number of anilines is 1. The molecule has 0 aliphatic carbocycles. The summed E-state index contributed by atoms with van der Waals surface area (Å²) in [6.45, 7) is 3.50. The van der Waals surface area contributed by atoms with Crippen molar-refractivity contribution in [2.75, 3.05) is 59.1 Å². The molecule has 2 atom stereocenters. The third-order valence-electron chi connectivity index (χ3n) is 4.47. The van der Waals surface area contributed by atoms with Crippen LogP contribution in [-0.2, 0) is 25.4 Å². The summed E-state index contributed by atoms with van der Waals surface area (Å²) in [6.07, 6.45) is 3.25. The van der Waals surface area contributed by atoms with Gasteiger partial charge in [-0.3, -0.25) is 9.29 Å². The smallest absolute Gasteiger partial charge is 0.235 e. The topological polar surface area (TPSA) is 126 Å². The Balaban J connectivity index is 2.15. The minimum absolute atomic E-state index is 0.0258. The number of rotatable bonds is 16. The zero-order valence-electron chi connectivity index (χ0n) is 18.7. The van der Waals surface area contributed by atoms with Gasteiger partial charge in [0.25, 0.3) is 0 Å². The second-order valence-corrected chi connectivity index (χ2v) is 8.42. The van der Waals surface area contributed by atoms with E-state index >= 15 is 0 Å². The molecule has 2 rings (SSSR count). The van der Waals surface area contributed by atoms with E-state index in [4.69, 9.17) is 35.7 Å². The van der Waals surface area contributed by atoms with Gasteiger partial charge in [-0.1, -0.05) is 11.6 Å². The number of aliphatic hydroxyl groups is 1. The van der Waals surface area contributed by atoms with E-state index in [9.17, 15) is 0 Å². The number of aliphatic hydroxyl groups excluding tert-OH is 1. The highest BCUT2D eigenvalue weighted by Gasteiger charge is 2.25. The lowest BCUT2D eigenvalue weighted by molar-refractivity contribution is 0.0828. The molecule has 2 unspecified atom stereocenters. The highest BCUT2D eigenvalue weighted by molar-refractivity contribution is 8.01. The fourth-order valence-electron chi connectivity index (χ4n) is 3.04. The predicted octanol–water partition coefficient (Wildman–Crippen LogP) is 1.94. The summed E-state index contributed by atoms with van der Waals surface area (Å²) in [5, 5.41) is 17.9. The summed E-state index contributed by atoms with van der Waals surface area (Å²) in [4.78, 5) is 8.53. The lowest BCUT2D eigenvalue weighted by Gasteiger charge is -2.23. The monoisotopic (exact) mass is 490 g/mol. The molecule has 0 aromatic carbocycles. The first-order valence-electron chi connectivity index (χ1n) is 10.1. The summed E-state index contributed by atoms with van der Waals surface area (Å²) in [6, 6.07) is -0.135. The normalized spacial score (nSPS) is 13.5. The van der Waals surface area contributed by atoms with E-state index in [2.05, 4.69) is 24.9 Å². The maximum absolute atomic E-state index is 8.90. The molecular formula is C19H31ClN6O5S. The van der Waals surface area contributed by atoms with Crippen LogP contribution in [0.2, 0.25) is 5.02 Å². The Labute approximate surface area is 197 Å². The van der Waals surface area contributed by atoms with Crippen molar-refractivity contribution in [1.29, 1.82) is 0 Å². The summed E-state index contributed by atoms with van der Waals surface area (Å²) in [5.74, 6) is 1.82. The molecule has 2 N–H and O–H groups in total. The van der Waals surface area contributed by atoms with Crippen molar-refractivity contribution in [2.24, 2.45) is 0 Å². The van der Waals surface area contributed by atoms with E-state index in [1.54, 1.807) is 33.7 Å². The van der Waals surface area contributed by atoms with Gasteiger partial charge >= 0.3 is 0 Å². The molecule has 2 aromatic rings. The molecule has 0 bridgehead atoms. The molecule has 32 heavy (non-hydrogen) atoms. The molecule has 0 aliphatic rings. The van der Waals surface area contributed by atoms with Crippen LogP contribution in [0.15, 0.2) is 12.4 Å². The molecule has 0 saturated carbocycles. The number of ether oxygens (including phenoxy) is 4. The molecule has 13 heteroatoms. The molecule has 0 amide bonds. The van der Waals surface area contributed by atoms with E-state index in [-0.39, 0.29) is 30.6 Å². The molecule has 0 spiro atoms. The average molecular weight is 491 g/mol. The molecule has 0 saturated heterocycles. The van der Waals surface area contributed by atoms with Crippen LogP contribution in [0.4, 0.5) is 5.95 Å². The first-order valence-corrected chi connectivity index (χ1v) is 11.3. The number of aromatic nitrogens is 5. The number of nitrogens with zero attached hydrogens (tertiary/aromatic N) is 5. The van der Waals surface area contributed by atoms with Gasteiger partial charge < -0.3 is 24.1 Å². The summed E-state index contributed by atoms with van der Waals surface area (Å²) >= 11 is 7.31. The Morgan fingerprint density at radius 1 is 1.12 bits per heavy atom. The van der Waals surface area contributed by atoms with Gasteiger partial charge in [0.05, 0.1) is 49.3 Å². The molecule has 180 valence electrons. The second-order valence-electron chi connectivity index (χ2n) is 6.80. The molecule has 0 radical (unpaired) electrons. The maximum Gasteiger partial charge on any atom is 0.235 e. The van der Waals surface area contributed by atoms with Crippen LogP contribution >= 0.6 is 23.5 Å². The third kappa shape index (κ3) is 7.80. The van der Waals surface area contributed by atoms with Crippen LogP contribution in [0.5, 0.6) is 0 Å². The SMILES string of the molecule is COCC(COC)n1c(CCOCCO)nnc1NSC(C)C(OC)c1ncc(Cl)cn1. The largest absolute Gasteiger partial charge is 0.394 e. The van der Waals surface area contributed by atoms with Crippen molar-refractivity contribution < 1.29 is 24.1 Å². The van der Waals surface area contributed by atoms with Crippen LogP contribution in [-0.4, -0.2) is 89.5 Å². The van der Waals surface area contributed by atoms with Crippen LogP contribution in [0.25, 0.3) is 0 Å². The van der Waals surface area contributed by atoms with Gasteiger partial charge in [-0.15, -0.1) is 10.2 Å². The van der Waals surface area contributed by atoms with Crippen molar-refractivity contribution in [3.05, 3.63) is 29.1 Å². The molecular weight excluding hydrogens is 460 g/mol. The fourth-order valence-corrected chi connectivity index (χ4v) is 3.93. The van der Waals surface area contributed by atoms with Crippen molar-refractivity contribution >= 4 is 29.5 Å². The standard InChI is InChI=1S/C19H31ClN6O5S/c1-13(17(30-4)18-21-9-14(20)10-22-18)32-25-19-24-23-16(5-7-31-8-6-27)26(19)15(11-28-2)12-29-3/h9-10,13,15,17,27H,5-8,11-12H2,1-4H3,(H,24,25). The average Bonchev–Trinajstić information content (AvgIpc) is 3.19. The quantitative estimate of drug-likeness (QED) is 0.265. The number of halogens is 1. The van der Waals surface area contributed by atoms with Gasteiger partial charge in [-0.05, 0) is 18.9 Å². The number of methoxy groups -OCH3 is 3. The van der Waals surface area contributed by atoms with E-state index in [0.717, 1.165) is 5.82 Å². The van der Waals surface area contributed by atoms with Crippen molar-refractivity contribution in [3.8, 4) is 0 Å². The zero-order chi connectivity index (χ0) is 23.3. The fraction of sp³-hybridized carbons (Fsp3) is 0.684. The minimum atomic E-state index is -0.360. The van der Waals surface area contributed by atoms with Gasteiger partial charge in [0, 0.05) is 40.1 Å². The Morgan fingerprint density at radius 3 is 2.41 bits per heavy atom. The molecule has 11 nitrogen and oxygen atoms in total. The first kappa shape index (κ1) is 26.7. The molecule has 2 heterocycles. The van der Waals surface area contributed by atoms with Gasteiger partial charge in [0.15, 0.2) is 5.82 Å². The highest BCUT2D eigenvalue weighted by Crippen LogP contribution is 2.29. The predicted molar refractivity (Wildman–Crippen MR) is 122 cm³/mol. The number of hydrogen-bond acceptors (Lipinski definition) is 11. The lowest BCUT2D eigenvalue weighted by atomic mass is 10.2. The lowest BCUT2D eigenvalue weighted by Crippen LogP contribution is -2.24. The van der Waals surface area contributed by atoms with E-state index < -0.39 is 0 Å². The summed E-state index contributed by atoms with van der Waals surface area (Å²) in [5.41, 5.74) is 0. The Morgan fingerprint density at radius 2 is 1.81 bits per heavy atom.